The first-order valence-corrected chi connectivity index (χ1v) is 8.09. The third-order valence-electron chi connectivity index (χ3n) is 2.56. The van der Waals surface area contributed by atoms with Gasteiger partial charge in [-0.3, -0.25) is 4.79 Å². The Morgan fingerprint density at radius 3 is 3.00 bits per heavy atom. The quantitative estimate of drug-likeness (QED) is 0.481. The van der Waals surface area contributed by atoms with E-state index in [1.54, 1.807) is 24.3 Å². The van der Waals surface area contributed by atoms with Crippen molar-refractivity contribution in [3.63, 3.8) is 0 Å². The minimum Gasteiger partial charge on any atom is -0.300 e. The molecule has 0 bridgehead atoms. The van der Waals surface area contributed by atoms with Gasteiger partial charge in [-0.2, -0.15) is 0 Å². The maximum Gasteiger partial charge on any atom is 0.226 e. The largest absolute Gasteiger partial charge is 0.300 e. The van der Waals surface area contributed by atoms with E-state index in [9.17, 15) is 9.18 Å². The SMILES string of the molecule is C=CCSc1nnc(NC(=O)CCc2ccccc2F)s1. The van der Waals surface area contributed by atoms with E-state index in [0.29, 0.717) is 17.1 Å². The van der Waals surface area contributed by atoms with E-state index in [1.807, 2.05) is 0 Å². The number of aryl methyl sites for hydroxylation is 1. The second-order valence-corrected chi connectivity index (χ2v) is 6.36. The smallest absolute Gasteiger partial charge is 0.226 e. The number of hydrogen-bond acceptors (Lipinski definition) is 5. The van der Waals surface area contributed by atoms with Gasteiger partial charge in [0.15, 0.2) is 4.34 Å². The normalized spacial score (nSPS) is 10.3. The van der Waals surface area contributed by atoms with Crippen molar-refractivity contribution in [3.05, 3.63) is 48.3 Å². The van der Waals surface area contributed by atoms with Crippen LogP contribution < -0.4 is 5.32 Å². The molecule has 4 nitrogen and oxygen atoms in total. The molecule has 0 unspecified atom stereocenters. The summed E-state index contributed by atoms with van der Waals surface area (Å²) in [7, 11) is 0. The van der Waals surface area contributed by atoms with Crippen LogP contribution in [-0.2, 0) is 11.2 Å². The molecule has 1 N–H and O–H groups in total. The monoisotopic (exact) mass is 323 g/mol. The van der Waals surface area contributed by atoms with Gasteiger partial charge in [-0.1, -0.05) is 47.4 Å². The van der Waals surface area contributed by atoms with Crippen molar-refractivity contribution in [3.8, 4) is 0 Å². The maximum absolute atomic E-state index is 13.4. The van der Waals surface area contributed by atoms with Gasteiger partial charge in [0, 0.05) is 12.2 Å². The highest BCUT2D eigenvalue weighted by Crippen LogP contribution is 2.25. The fourth-order valence-corrected chi connectivity index (χ4v) is 3.11. The fourth-order valence-electron chi connectivity index (χ4n) is 1.58. The summed E-state index contributed by atoms with van der Waals surface area (Å²) in [6, 6.07) is 6.45. The summed E-state index contributed by atoms with van der Waals surface area (Å²) >= 11 is 2.82. The third-order valence-corrected chi connectivity index (χ3v) is 4.52. The van der Waals surface area contributed by atoms with E-state index in [2.05, 4.69) is 22.1 Å². The molecule has 0 saturated carbocycles. The molecule has 2 aromatic rings. The zero-order chi connectivity index (χ0) is 15.1. The highest BCUT2D eigenvalue weighted by Gasteiger charge is 2.09. The summed E-state index contributed by atoms with van der Waals surface area (Å²) in [6.07, 6.45) is 2.34. The topological polar surface area (TPSA) is 54.9 Å². The molecule has 0 atom stereocenters. The first-order valence-electron chi connectivity index (χ1n) is 6.29. The lowest BCUT2D eigenvalue weighted by Crippen LogP contribution is -2.12. The number of benzene rings is 1. The lowest BCUT2D eigenvalue weighted by Gasteiger charge is -2.02. The Morgan fingerprint density at radius 2 is 2.24 bits per heavy atom. The number of carbonyl (C=O) groups excluding carboxylic acids is 1. The molecular formula is C14H14FN3OS2. The number of rotatable bonds is 7. The molecular weight excluding hydrogens is 309 g/mol. The molecule has 110 valence electrons. The van der Waals surface area contributed by atoms with Gasteiger partial charge < -0.3 is 5.32 Å². The minimum absolute atomic E-state index is 0.199. The van der Waals surface area contributed by atoms with Gasteiger partial charge in [-0.25, -0.2) is 4.39 Å². The van der Waals surface area contributed by atoms with E-state index in [-0.39, 0.29) is 18.1 Å². The Bertz CT molecular complexity index is 630. The van der Waals surface area contributed by atoms with Crippen LogP contribution in [0.1, 0.15) is 12.0 Å². The summed E-state index contributed by atoms with van der Waals surface area (Å²) in [6.45, 7) is 3.63. The van der Waals surface area contributed by atoms with Crippen LogP contribution in [0.15, 0.2) is 41.3 Å². The van der Waals surface area contributed by atoms with Crippen molar-refractivity contribution in [2.24, 2.45) is 0 Å². The molecule has 0 spiro atoms. The Hall–Kier alpha value is -1.73. The molecule has 1 aromatic heterocycles. The number of aromatic nitrogens is 2. The molecule has 0 fully saturated rings. The minimum atomic E-state index is -0.288. The van der Waals surface area contributed by atoms with Crippen LogP contribution in [0.3, 0.4) is 0 Å². The molecule has 2 rings (SSSR count). The van der Waals surface area contributed by atoms with Crippen LogP contribution in [0.25, 0.3) is 0 Å². The van der Waals surface area contributed by atoms with Crippen LogP contribution in [0.5, 0.6) is 0 Å². The van der Waals surface area contributed by atoms with Gasteiger partial charge in [0.1, 0.15) is 5.82 Å². The number of anilines is 1. The van der Waals surface area contributed by atoms with Crippen molar-refractivity contribution in [2.45, 2.75) is 17.2 Å². The van der Waals surface area contributed by atoms with Gasteiger partial charge >= 0.3 is 0 Å². The molecule has 21 heavy (non-hydrogen) atoms. The lowest BCUT2D eigenvalue weighted by atomic mass is 10.1. The summed E-state index contributed by atoms with van der Waals surface area (Å²) in [5.41, 5.74) is 0.534. The van der Waals surface area contributed by atoms with Gasteiger partial charge in [0.05, 0.1) is 0 Å². The molecule has 1 amide bonds. The number of nitrogens with zero attached hydrogens (tertiary/aromatic N) is 2. The molecule has 0 aliphatic heterocycles. The number of nitrogens with one attached hydrogen (secondary N) is 1. The Labute approximate surface area is 130 Å². The number of halogens is 1. The molecule has 1 heterocycles. The highest BCUT2D eigenvalue weighted by molar-refractivity contribution is 8.01. The van der Waals surface area contributed by atoms with Crippen LogP contribution in [0.2, 0.25) is 0 Å². The fraction of sp³-hybridized carbons (Fsp3) is 0.214. The van der Waals surface area contributed by atoms with Crippen LogP contribution in [-0.4, -0.2) is 21.9 Å². The summed E-state index contributed by atoms with van der Waals surface area (Å²) in [5, 5.41) is 11.0. The average molecular weight is 323 g/mol. The predicted octanol–water partition coefficient (Wildman–Crippen LogP) is 3.53. The predicted molar refractivity (Wildman–Crippen MR) is 84.2 cm³/mol. The Kier molecular flexibility index (Phi) is 5.89. The highest BCUT2D eigenvalue weighted by atomic mass is 32.2. The lowest BCUT2D eigenvalue weighted by molar-refractivity contribution is -0.116. The van der Waals surface area contributed by atoms with Crippen LogP contribution >= 0.6 is 23.1 Å². The second kappa shape index (κ2) is 7.90. The number of thioether (sulfide) groups is 1. The van der Waals surface area contributed by atoms with Gasteiger partial charge in [-0.05, 0) is 18.1 Å². The first-order chi connectivity index (χ1) is 10.2. The van der Waals surface area contributed by atoms with Gasteiger partial charge in [0.2, 0.25) is 11.0 Å². The molecule has 1 aromatic carbocycles. The van der Waals surface area contributed by atoms with E-state index >= 15 is 0 Å². The number of carbonyl (C=O) groups is 1. The van der Waals surface area contributed by atoms with Crippen molar-refractivity contribution >= 4 is 34.1 Å². The summed E-state index contributed by atoms with van der Waals surface area (Å²) in [5.74, 6) is 0.259. The van der Waals surface area contributed by atoms with E-state index in [1.165, 1.54) is 29.2 Å². The molecule has 0 radical (unpaired) electrons. The number of hydrogen-bond donors (Lipinski definition) is 1. The zero-order valence-electron chi connectivity index (χ0n) is 11.2. The summed E-state index contributed by atoms with van der Waals surface area (Å²) < 4.78 is 14.2. The van der Waals surface area contributed by atoms with Crippen molar-refractivity contribution in [1.82, 2.24) is 10.2 Å². The van der Waals surface area contributed by atoms with Gasteiger partial charge in [0.25, 0.3) is 0 Å². The van der Waals surface area contributed by atoms with E-state index < -0.39 is 0 Å². The summed E-state index contributed by atoms with van der Waals surface area (Å²) in [4.78, 5) is 11.8. The second-order valence-electron chi connectivity index (χ2n) is 4.11. The molecule has 0 aliphatic carbocycles. The maximum atomic E-state index is 13.4. The van der Waals surface area contributed by atoms with Crippen molar-refractivity contribution < 1.29 is 9.18 Å². The van der Waals surface area contributed by atoms with E-state index in [4.69, 9.17) is 0 Å². The first kappa shape index (κ1) is 15.7. The molecule has 0 aliphatic rings. The Balaban J connectivity index is 1.83. The van der Waals surface area contributed by atoms with Crippen molar-refractivity contribution in [1.29, 1.82) is 0 Å². The third kappa shape index (κ3) is 4.95. The van der Waals surface area contributed by atoms with E-state index in [0.717, 1.165) is 10.1 Å². The van der Waals surface area contributed by atoms with Gasteiger partial charge in [-0.15, -0.1) is 16.8 Å². The molecule has 0 saturated heterocycles. The van der Waals surface area contributed by atoms with Crippen molar-refractivity contribution in [2.75, 3.05) is 11.1 Å². The average Bonchev–Trinajstić information content (AvgIpc) is 2.91. The van der Waals surface area contributed by atoms with Crippen LogP contribution in [0, 0.1) is 5.82 Å². The standard InChI is InChI=1S/C14H14FN3OS2/c1-2-9-20-14-18-17-13(21-14)16-12(19)8-7-10-5-3-4-6-11(10)15/h2-6H,1,7-9H2,(H,16,17,19). The van der Waals surface area contributed by atoms with Crippen LogP contribution in [0.4, 0.5) is 9.52 Å². The zero-order valence-corrected chi connectivity index (χ0v) is 12.8. The number of amides is 1. The molecule has 7 heteroatoms. The Morgan fingerprint density at radius 1 is 1.43 bits per heavy atom.